The second kappa shape index (κ2) is 6.89. The molecule has 1 atom stereocenters. The lowest BCUT2D eigenvalue weighted by atomic mass is 9.81. The molecule has 1 N–H and O–H groups in total. The van der Waals surface area contributed by atoms with Gasteiger partial charge in [0, 0.05) is 5.54 Å². The van der Waals surface area contributed by atoms with Crippen molar-refractivity contribution >= 4 is 0 Å². The molecule has 1 aliphatic carbocycles. The summed E-state index contributed by atoms with van der Waals surface area (Å²) in [6.07, 6.45) is 5.97. The van der Waals surface area contributed by atoms with Crippen LogP contribution in [0.25, 0.3) is 0 Å². The quantitative estimate of drug-likeness (QED) is 0.851. The standard InChI is InChI=1S/C18H29FN2/c1-5-12-20-17(16-13-15(19)9-8-14(16)2)18(21(3)4)10-6-7-11-18/h8-9,13,17,20H,5-7,10-12H2,1-4H3. The molecule has 1 aromatic rings. The summed E-state index contributed by atoms with van der Waals surface area (Å²) in [7, 11) is 4.33. The van der Waals surface area contributed by atoms with Crippen LogP contribution in [0.2, 0.25) is 0 Å². The third kappa shape index (κ3) is 3.29. The maximum Gasteiger partial charge on any atom is 0.123 e. The van der Waals surface area contributed by atoms with E-state index in [1.807, 2.05) is 6.07 Å². The number of nitrogens with one attached hydrogen (secondary N) is 1. The van der Waals surface area contributed by atoms with Gasteiger partial charge in [-0.2, -0.15) is 0 Å². The molecule has 0 saturated heterocycles. The smallest absolute Gasteiger partial charge is 0.123 e. The molecule has 1 saturated carbocycles. The zero-order chi connectivity index (χ0) is 15.5. The van der Waals surface area contributed by atoms with Crippen molar-refractivity contribution in [3.8, 4) is 0 Å². The third-order valence-electron chi connectivity index (χ3n) is 5.05. The van der Waals surface area contributed by atoms with Crippen LogP contribution in [0.15, 0.2) is 18.2 Å². The van der Waals surface area contributed by atoms with Gasteiger partial charge in [-0.25, -0.2) is 4.39 Å². The fourth-order valence-electron chi connectivity index (χ4n) is 3.78. The molecular formula is C18H29FN2. The Kier molecular flexibility index (Phi) is 5.39. The number of hydrogen-bond donors (Lipinski definition) is 1. The molecule has 2 rings (SSSR count). The molecule has 0 bridgehead atoms. The number of rotatable bonds is 6. The second-order valence-corrected chi connectivity index (χ2v) is 6.59. The number of aryl methyl sites for hydroxylation is 1. The van der Waals surface area contributed by atoms with E-state index in [9.17, 15) is 4.39 Å². The van der Waals surface area contributed by atoms with E-state index in [0.29, 0.717) is 0 Å². The minimum absolute atomic E-state index is 0.105. The zero-order valence-electron chi connectivity index (χ0n) is 13.9. The first-order valence-corrected chi connectivity index (χ1v) is 8.18. The number of nitrogens with zero attached hydrogens (tertiary/aromatic N) is 1. The molecule has 1 aliphatic rings. The van der Waals surface area contributed by atoms with Crippen LogP contribution in [0.4, 0.5) is 4.39 Å². The van der Waals surface area contributed by atoms with Gasteiger partial charge in [-0.3, -0.25) is 0 Å². The molecule has 0 radical (unpaired) electrons. The van der Waals surface area contributed by atoms with Crippen LogP contribution in [0.3, 0.4) is 0 Å². The highest BCUT2D eigenvalue weighted by atomic mass is 19.1. The molecule has 118 valence electrons. The van der Waals surface area contributed by atoms with E-state index in [1.165, 1.54) is 31.2 Å². The van der Waals surface area contributed by atoms with Gasteiger partial charge in [0.05, 0.1) is 6.04 Å². The molecule has 2 nitrogen and oxygen atoms in total. The van der Waals surface area contributed by atoms with Crippen molar-refractivity contribution in [1.29, 1.82) is 0 Å². The van der Waals surface area contributed by atoms with Crippen molar-refractivity contribution in [2.24, 2.45) is 0 Å². The highest BCUT2D eigenvalue weighted by Gasteiger charge is 2.44. The summed E-state index contributed by atoms with van der Waals surface area (Å²) in [4.78, 5) is 2.36. The Morgan fingerprint density at radius 3 is 2.52 bits per heavy atom. The van der Waals surface area contributed by atoms with Gasteiger partial charge in [0.15, 0.2) is 0 Å². The lowest BCUT2D eigenvalue weighted by Gasteiger charge is -2.44. The largest absolute Gasteiger partial charge is 0.308 e. The predicted molar refractivity (Wildman–Crippen MR) is 87.1 cm³/mol. The Morgan fingerprint density at radius 1 is 1.29 bits per heavy atom. The van der Waals surface area contributed by atoms with Gasteiger partial charge < -0.3 is 10.2 Å². The molecular weight excluding hydrogens is 263 g/mol. The first-order valence-electron chi connectivity index (χ1n) is 8.18. The summed E-state index contributed by atoms with van der Waals surface area (Å²) in [5.41, 5.74) is 2.41. The lowest BCUT2D eigenvalue weighted by Crippen LogP contribution is -2.52. The predicted octanol–water partition coefficient (Wildman–Crippen LogP) is 4.05. The summed E-state index contributed by atoms with van der Waals surface area (Å²) in [6.45, 7) is 5.24. The highest BCUT2D eigenvalue weighted by Crippen LogP contribution is 2.44. The molecule has 1 fully saturated rings. The van der Waals surface area contributed by atoms with Crippen LogP contribution in [-0.4, -0.2) is 31.1 Å². The number of likely N-dealkylation sites (N-methyl/N-ethyl adjacent to an activating group) is 1. The van der Waals surface area contributed by atoms with Crippen molar-refractivity contribution < 1.29 is 4.39 Å². The van der Waals surface area contributed by atoms with Gasteiger partial charge in [-0.1, -0.05) is 25.8 Å². The van der Waals surface area contributed by atoms with Crippen molar-refractivity contribution in [2.75, 3.05) is 20.6 Å². The van der Waals surface area contributed by atoms with Crippen LogP contribution in [-0.2, 0) is 0 Å². The highest BCUT2D eigenvalue weighted by molar-refractivity contribution is 5.33. The molecule has 0 aromatic heterocycles. The van der Waals surface area contributed by atoms with Crippen LogP contribution in [0.1, 0.15) is 56.2 Å². The molecule has 21 heavy (non-hydrogen) atoms. The third-order valence-corrected chi connectivity index (χ3v) is 5.05. The zero-order valence-corrected chi connectivity index (χ0v) is 13.9. The Morgan fingerprint density at radius 2 is 1.95 bits per heavy atom. The van der Waals surface area contributed by atoms with Crippen LogP contribution < -0.4 is 5.32 Å². The Labute approximate surface area is 128 Å². The fourth-order valence-corrected chi connectivity index (χ4v) is 3.78. The topological polar surface area (TPSA) is 15.3 Å². The van der Waals surface area contributed by atoms with E-state index in [0.717, 1.165) is 18.5 Å². The summed E-state index contributed by atoms with van der Waals surface area (Å²) in [6, 6.07) is 5.40. The van der Waals surface area contributed by atoms with Gasteiger partial charge in [-0.05, 0) is 70.1 Å². The lowest BCUT2D eigenvalue weighted by molar-refractivity contribution is 0.104. The van der Waals surface area contributed by atoms with Crippen molar-refractivity contribution in [3.05, 3.63) is 35.1 Å². The Balaban J connectivity index is 2.44. The SMILES string of the molecule is CCCNC(c1cc(F)ccc1C)C1(N(C)C)CCCC1. The van der Waals surface area contributed by atoms with E-state index < -0.39 is 0 Å². The molecule has 3 heteroatoms. The average molecular weight is 292 g/mol. The summed E-state index contributed by atoms with van der Waals surface area (Å²) in [5, 5.41) is 3.71. The van der Waals surface area contributed by atoms with Gasteiger partial charge >= 0.3 is 0 Å². The van der Waals surface area contributed by atoms with E-state index >= 15 is 0 Å². The van der Waals surface area contributed by atoms with Crippen molar-refractivity contribution in [2.45, 2.75) is 57.5 Å². The molecule has 0 spiro atoms. The van der Waals surface area contributed by atoms with E-state index in [4.69, 9.17) is 0 Å². The summed E-state index contributed by atoms with van der Waals surface area (Å²) < 4.78 is 13.8. The van der Waals surface area contributed by atoms with Crippen molar-refractivity contribution in [3.63, 3.8) is 0 Å². The molecule has 0 amide bonds. The van der Waals surface area contributed by atoms with Crippen LogP contribution >= 0.6 is 0 Å². The normalized spacial score (nSPS) is 19.1. The molecule has 1 unspecified atom stereocenters. The molecule has 1 aromatic carbocycles. The Hall–Kier alpha value is -0.930. The number of halogens is 1. The first-order chi connectivity index (χ1) is 10.0. The fraction of sp³-hybridized carbons (Fsp3) is 0.667. The van der Waals surface area contributed by atoms with E-state index in [1.54, 1.807) is 12.1 Å². The second-order valence-electron chi connectivity index (χ2n) is 6.59. The van der Waals surface area contributed by atoms with Gasteiger partial charge in [0.1, 0.15) is 5.82 Å². The minimum atomic E-state index is -0.134. The van der Waals surface area contributed by atoms with Crippen molar-refractivity contribution in [1.82, 2.24) is 10.2 Å². The van der Waals surface area contributed by atoms with Crippen LogP contribution in [0, 0.1) is 12.7 Å². The maximum absolute atomic E-state index is 13.8. The van der Waals surface area contributed by atoms with Crippen LogP contribution in [0.5, 0.6) is 0 Å². The van der Waals surface area contributed by atoms with Gasteiger partial charge in [0.2, 0.25) is 0 Å². The first kappa shape index (κ1) is 16.4. The maximum atomic E-state index is 13.8. The summed E-state index contributed by atoms with van der Waals surface area (Å²) >= 11 is 0. The Bertz CT molecular complexity index is 464. The van der Waals surface area contributed by atoms with Gasteiger partial charge in [-0.15, -0.1) is 0 Å². The molecule has 0 aliphatic heterocycles. The average Bonchev–Trinajstić information content (AvgIpc) is 2.93. The van der Waals surface area contributed by atoms with E-state index in [-0.39, 0.29) is 17.4 Å². The van der Waals surface area contributed by atoms with E-state index in [2.05, 4.69) is 38.2 Å². The monoisotopic (exact) mass is 292 g/mol. The van der Waals surface area contributed by atoms with Gasteiger partial charge in [0.25, 0.3) is 0 Å². The number of hydrogen-bond acceptors (Lipinski definition) is 2. The number of benzene rings is 1. The minimum Gasteiger partial charge on any atom is -0.308 e. The molecule has 0 heterocycles. The summed E-state index contributed by atoms with van der Waals surface area (Å²) in [5.74, 6) is -0.134.